The van der Waals surface area contributed by atoms with Crippen LogP contribution < -0.4 is 4.74 Å². The first-order valence-electron chi connectivity index (χ1n) is 11.1. The smallest absolute Gasteiger partial charge is 0.200 e. The second-order valence-electron chi connectivity index (χ2n) is 8.35. The molecule has 0 radical (unpaired) electrons. The molecule has 0 aromatic heterocycles. The van der Waals surface area contributed by atoms with E-state index >= 15 is 0 Å². The third-order valence-electron chi connectivity index (χ3n) is 6.30. The number of ether oxygens (including phenoxy) is 3. The number of halogens is 2. The van der Waals surface area contributed by atoms with E-state index in [1.807, 2.05) is 6.92 Å². The Hall–Kier alpha value is -1.46. The van der Waals surface area contributed by atoms with Gasteiger partial charge in [-0.05, 0) is 68.9 Å². The maximum atomic E-state index is 14.3. The van der Waals surface area contributed by atoms with Crippen LogP contribution in [0.5, 0.6) is 5.75 Å². The van der Waals surface area contributed by atoms with Gasteiger partial charge < -0.3 is 14.2 Å². The van der Waals surface area contributed by atoms with Crippen LogP contribution in [0.1, 0.15) is 63.9 Å². The Morgan fingerprint density at radius 2 is 1.90 bits per heavy atom. The molecule has 1 saturated carbocycles. The molecule has 1 heterocycles. The van der Waals surface area contributed by atoms with Crippen molar-refractivity contribution in [3.63, 3.8) is 0 Å². The number of unbranched alkanes of at least 4 members (excludes halogenated alkanes) is 1. The Morgan fingerprint density at radius 3 is 2.55 bits per heavy atom. The van der Waals surface area contributed by atoms with Gasteiger partial charge in [0.25, 0.3) is 0 Å². The minimum Gasteiger partial charge on any atom is -0.490 e. The average molecular weight is 409 g/mol. The van der Waals surface area contributed by atoms with Crippen molar-refractivity contribution >= 4 is 0 Å². The van der Waals surface area contributed by atoms with E-state index in [-0.39, 0.29) is 24.0 Å². The van der Waals surface area contributed by atoms with Crippen molar-refractivity contribution in [1.29, 1.82) is 0 Å². The Morgan fingerprint density at radius 1 is 1.10 bits per heavy atom. The molecule has 1 aromatic carbocycles. The van der Waals surface area contributed by atoms with Gasteiger partial charge in [-0.15, -0.1) is 6.58 Å². The first-order chi connectivity index (χ1) is 14.1. The molecule has 29 heavy (non-hydrogen) atoms. The van der Waals surface area contributed by atoms with Crippen molar-refractivity contribution in [2.24, 2.45) is 11.8 Å². The zero-order valence-corrected chi connectivity index (χ0v) is 17.5. The molecule has 0 bridgehead atoms. The van der Waals surface area contributed by atoms with E-state index in [2.05, 4.69) is 12.7 Å². The van der Waals surface area contributed by atoms with Gasteiger partial charge >= 0.3 is 0 Å². The molecule has 0 N–H and O–H groups in total. The molecule has 1 saturated heterocycles. The summed E-state index contributed by atoms with van der Waals surface area (Å²) in [5.74, 6) is -0.567. The third kappa shape index (κ3) is 6.02. The summed E-state index contributed by atoms with van der Waals surface area (Å²) < 4.78 is 45.7. The zero-order valence-electron chi connectivity index (χ0n) is 17.5. The first-order valence-corrected chi connectivity index (χ1v) is 11.1. The first kappa shape index (κ1) is 22.2. The molecule has 2 aliphatic rings. The van der Waals surface area contributed by atoms with Gasteiger partial charge in [-0.1, -0.05) is 19.4 Å². The molecule has 162 valence electrons. The SMILES string of the molecule is C=CC1CCC(C2CCC(OCc3ccc(OCCCC)c(F)c3F)CO2)CC1. The number of hydrogen-bond acceptors (Lipinski definition) is 3. The fourth-order valence-electron chi connectivity index (χ4n) is 4.33. The van der Waals surface area contributed by atoms with E-state index in [1.54, 1.807) is 6.07 Å². The molecular formula is C24H34F2O3. The normalized spacial score (nSPS) is 27.6. The minimum absolute atomic E-state index is 0.0327. The lowest BCUT2D eigenvalue weighted by Crippen LogP contribution is -2.37. The lowest BCUT2D eigenvalue weighted by molar-refractivity contribution is -0.112. The van der Waals surface area contributed by atoms with Crippen LogP contribution in [-0.2, 0) is 16.1 Å². The highest BCUT2D eigenvalue weighted by molar-refractivity contribution is 5.30. The van der Waals surface area contributed by atoms with Gasteiger partial charge in [-0.25, -0.2) is 4.39 Å². The average Bonchev–Trinajstić information content (AvgIpc) is 2.77. The summed E-state index contributed by atoms with van der Waals surface area (Å²) in [6.07, 6.45) is 10.7. The molecule has 3 nitrogen and oxygen atoms in total. The maximum absolute atomic E-state index is 14.3. The van der Waals surface area contributed by atoms with Crippen LogP contribution in [0.2, 0.25) is 0 Å². The fraction of sp³-hybridized carbons (Fsp3) is 0.667. The fourth-order valence-corrected chi connectivity index (χ4v) is 4.33. The van der Waals surface area contributed by atoms with Gasteiger partial charge in [0.1, 0.15) is 0 Å². The molecule has 5 heteroatoms. The molecule has 0 spiro atoms. The summed E-state index contributed by atoms with van der Waals surface area (Å²) in [4.78, 5) is 0. The lowest BCUT2D eigenvalue weighted by atomic mass is 9.78. The van der Waals surface area contributed by atoms with E-state index in [4.69, 9.17) is 14.2 Å². The van der Waals surface area contributed by atoms with Crippen LogP contribution in [0.25, 0.3) is 0 Å². The Labute approximate surface area is 173 Å². The number of rotatable bonds is 9. The summed E-state index contributed by atoms with van der Waals surface area (Å²) in [6.45, 7) is 6.88. The minimum atomic E-state index is -0.933. The highest BCUT2D eigenvalue weighted by Crippen LogP contribution is 2.35. The number of hydrogen-bond donors (Lipinski definition) is 0. The standard InChI is InChI=1S/C24H34F2O3/c1-3-5-14-27-22-12-10-19(23(25)24(22)26)15-28-20-11-13-21(29-16-20)18-8-6-17(4-2)7-9-18/h4,10,12,17-18,20-21H,2-3,5-9,11,13-16H2,1H3. The molecular weight excluding hydrogens is 374 g/mol. The van der Waals surface area contributed by atoms with Crippen LogP contribution >= 0.6 is 0 Å². The second kappa shape index (κ2) is 11.1. The molecule has 2 atom stereocenters. The van der Waals surface area contributed by atoms with Crippen molar-refractivity contribution in [3.05, 3.63) is 42.0 Å². The van der Waals surface area contributed by atoms with Crippen molar-refractivity contribution in [2.45, 2.75) is 77.1 Å². The molecule has 1 aliphatic carbocycles. The van der Waals surface area contributed by atoms with Crippen molar-refractivity contribution in [1.82, 2.24) is 0 Å². The van der Waals surface area contributed by atoms with Gasteiger partial charge in [0.05, 0.1) is 32.0 Å². The summed E-state index contributed by atoms with van der Waals surface area (Å²) in [6, 6.07) is 3.03. The van der Waals surface area contributed by atoms with E-state index < -0.39 is 11.6 Å². The number of allylic oxidation sites excluding steroid dienone is 1. The molecule has 2 unspecified atom stereocenters. The van der Waals surface area contributed by atoms with Crippen LogP contribution in [0.3, 0.4) is 0 Å². The highest BCUT2D eigenvalue weighted by Gasteiger charge is 2.31. The van der Waals surface area contributed by atoms with Crippen molar-refractivity contribution in [3.8, 4) is 5.75 Å². The quantitative estimate of drug-likeness (QED) is 0.360. The Kier molecular flexibility index (Phi) is 8.49. The second-order valence-corrected chi connectivity index (χ2v) is 8.35. The van der Waals surface area contributed by atoms with Crippen molar-refractivity contribution in [2.75, 3.05) is 13.2 Å². The summed E-state index contributed by atoms with van der Waals surface area (Å²) >= 11 is 0. The van der Waals surface area contributed by atoms with E-state index in [1.165, 1.54) is 31.7 Å². The predicted molar refractivity (Wildman–Crippen MR) is 110 cm³/mol. The van der Waals surface area contributed by atoms with Gasteiger partial charge in [0.2, 0.25) is 5.82 Å². The summed E-state index contributed by atoms with van der Waals surface area (Å²) in [7, 11) is 0. The van der Waals surface area contributed by atoms with Crippen LogP contribution in [0.15, 0.2) is 24.8 Å². The van der Waals surface area contributed by atoms with E-state index in [0.717, 1.165) is 25.7 Å². The van der Waals surface area contributed by atoms with Gasteiger partial charge in [-0.3, -0.25) is 0 Å². The molecule has 1 aromatic rings. The molecule has 2 fully saturated rings. The summed E-state index contributed by atoms with van der Waals surface area (Å²) in [5.41, 5.74) is 0.218. The summed E-state index contributed by atoms with van der Waals surface area (Å²) in [5, 5.41) is 0. The van der Waals surface area contributed by atoms with Gasteiger partial charge in [0, 0.05) is 5.56 Å². The van der Waals surface area contributed by atoms with Crippen LogP contribution in [0.4, 0.5) is 8.78 Å². The maximum Gasteiger partial charge on any atom is 0.200 e. The monoisotopic (exact) mass is 408 g/mol. The third-order valence-corrected chi connectivity index (χ3v) is 6.30. The molecule has 1 aliphatic heterocycles. The zero-order chi connectivity index (χ0) is 20.6. The number of benzene rings is 1. The Balaban J connectivity index is 1.43. The Bertz CT molecular complexity index is 648. The van der Waals surface area contributed by atoms with Crippen LogP contribution in [-0.4, -0.2) is 25.4 Å². The lowest BCUT2D eigenvalue weighted by Gasteiger charge is -2.37. The topological polar surface area (TPSA) is 27.7 Å². The van der Waals surface area contributed by atoms with Gasteiger partial charge in [-0.2, -0.15) is 4.39 Å². The highest BCUT2D eigenvalue weighted by atomic mass is 19.2. The van der Waals surface area contributed by atoms with E-state index in [0.29, 0.717) is 31.2 Å². The largest absolute Gasteiger partial charge is 0.490 e. The van der Waals surface area contributed by atoms with Gasteiger partial charge in [0.15, 0.2) is 11.6 Å². The van der Waals surface area contributed by atoms with Crippen LogP contribution in [0, 0.1) is 23.5 Å². The van der Waals surface area contributed by atoms with E-state index in [9.17, 15) is 8.78 Å². The molecule has 0 amide bonds. The predicted octanol–water partition coefficient (Wildman–Crippen LogP) is 6.20. The van der Waals surface area contributed by atoms with Crippen molar-refractivity contribution < 1.29 is 23.0 Å². The molecule has 3 rings (SSSR count).